The van der Waals surface area contributed by atoms with Gasteiger partial charge in [-0.1, -0.05) is 25.0 Å². The van der Waals surface area contributed by atoms with Gasteiger partial charge in [0.25, 0.3) is 11.8 Å². The highest BCUT2D eigenvalue weighted by molar-refractivity contribution is 5.94. The monoisotopic (exact) mass is 484 g/mol. The van der Waals surface area contributed by atoms with Crippen molar-refractivity contribution < 1.29 is 33.3 Å². The van der Waals surface area contributed by atoms with Gasteiger partial charge in [-0.3, -0.25) is 9.59 Å². The Morgan fingerprint density at radius 2 is 1.60 bits per heavy atom. The van der Waals surface area contributed by atoms with E-state index in [0.29, 0.717) is 24.5 Å². The minimum absolute atomic E-state index is 0.187. The molecule has 2 amide bonds. The van der Waals surface area contributed by atoms with Crippen LogP contribution in [0.2, 0.25) is 0 Å². The van der Waals surface area contributed by atoms with Gasteiger partial charge < -0.3 is 29.2 Å². The molecule has 35 heavy (non-hydrogen) atoms. The number of anilines is 1. The Kier molecular flexibility index (Phi) is 9.34. The fourth-order valence-electron chi connectivity index (χ4n) is 3.82. The quantitative estimate of drug-likeness (QED) is 0.542. The third-order valence-electron chi connectivity index (χ3n) is 5.69. The molecule has 1 unspecified atom stereocenters. The summed E-state index contributed by atoms with van der Waals surface area (Å²) in [7, 11) is 2.95. The third-order valence-corrected chi connectivity index (χ3v) is 5.69. The minimum atomic E-state index is -0.888. The molecule has 0 radical (unpaired) electrons. The van der Waals surface area contributed by atoms with Crippen LogP contribution >= 0.6 is 0 Å². The summed E-state index contributed by atoms with van der Waals surface area (Å²) >= 11 is 0. The summed E-state index contributed by atoms with van der Waals surface area (Å²) in [5.74, 6) is -0.137. The standard InChI is InChI=1S/C26H32N2O7/c1-18(25(30)28-14-8-4-5-9-15-28)35-26(31)19-12-13-22(23(16-19)33-3)34-17-24(29)27-20-10-6-7-11-21(20)32-2/h6-7,10-13,16,18H,4-5,8-9,14-15,17H2,1-3H3,(H,27,29). The van der Waals surface area contributed by atoms with Gasteiger partial charge in [0.1, 0.15) is 5.75 Å². The van der Waals surface area contributed by atoms with Gasteiger partial charge in [-0.2, -0.15) is 0 Å². The van der Waals surface area contributed by atoms with Crippen molar-refractivity contribution in [2.75, 3.05) is 39.2 Å². The van der Waals surface area contributed by atoms with Crippen molar-refractivity contribution >= 4 is 23.5 Å². The maximum atomic E-state index is 12.7. The van der Waals surface area contributed by atoms with Gasteiger partial charge >= 0.3 is 5.97 Å². The van der Waals surface area contributed by atoms with E-state index < -0.39 is 12.1 Å². The number of para-hydroxylation sites is 2. The minimum Gasteiger partial charge on any atom is -0.495 e. The maximum absolute atomic E-state index is 12.7. The number of amides is 2. The van der Waals surface area contributed by atoms with Crippen molar-refractivity contribution in [2.45, 2.75) is 38.7 Å². The van der Waals surface area contributed by atoms with Crippen LogP contribution in [0.15, 0.2) is 42.5 Å². The van der Waals surface area contributed by atoms with Crippen LogP contribution in [-0.4, -0.2) is 62.7 Å². The van der Waals surface area contributed by atoms with Crippen LogP contribution in [0.1, 0.15) is 43.0 Å². The van der Waals surface area contributed by atoms with Crippen LogP contribution in [0.4, 0.5) is 5.69 Å². The number of ether oxygens (including phenoxy) is 4. The summed E-state index contributed by atoms with van der Waals surface area (Å²) in [5, 5.41) is 2.72. The maximum Gasteiger partial charge on any atom is 0.339 e. The fourth-order valence-corrected chi connectivity index (χ4v) is 3.82. The summed E-state index contributed by atoms with van der Waals surface area (Å²) in [5.41, 5.74) is 0.737. The number of hydrogen-bond donors (Lipinski definition) is 1. The molecular formula is C26H32N2O7. The number of carbonyl (C=O) groups excluding carboxylic acids is 3. The van der Waals surface area contributed by atoms with Crippen molar-refractivity contribution in [3.63, 3.8) is 0 Å². The molecule has 1 aliphatic heterocycles. The highest BCUT2D eigenvalue weighted by Gasteiger charge is 2.25. The average molecular weight is 485 g/mol. The molecule has 9 heteroatoms. The molecule has 1 saturated heterocycles. The molecule has 1 N–H and O–H groups in total. The summed E-state index contributed by atoms with van der Waals surface area (Å²) < 4.78 is 21.6. The second-order valence-electron chi connectivity index (χ2n) is 8.19. The zero-order chi connectivity index (χ0) is 25.2. The van der Waals surface area contributed by atoms with Crippen LogP contribution in [0, 0.1) is 0 Å². The van der Waals surface area contributed by atoms with E-state index in [1.807, 2.05) is 0 Å². The molecule has 0 aromatic heterocycles. The van der Waals surface area contributed by atoms with Gasteiger partial charge in [-0.25, -0.2) is 4.79 Å². The first kappa shape index (κ1) is 25.9. The predicted octanol–water partition coefficient (Wildman–Crippen LogP) is 3.67. The number of benzene rings is 2. The highest BCUT2D eigenvalue weighted by atomic mass is 16.5. The molecule has 0 bridgehead atoms. The number of rotatable bonds is 9. The molecule has 1 aliphatic rings. The first-order valence-corrected chi connectivity index (χ1v) is 11.7. The van der Waals surface area contributed by atoms with Gasteiger partial charge in [-0.15, -0.1) is 0 Å². The zero-order valence-corrected chi connectivity index (χ0v) is 20.4. The topological polar surface area (TPSA) is 103 Å². The number of carbonyl (C=O) groups is 3. The van der Waals surface area contributed by atoms with E-state index in [-0.39, 0.29) is 35.5 Å². The molecule has 1 heterocycles. The van der Waals surface area contributed by atoms with E-state index >= 15 is 0 Å². The lowest BCUT2D eigenvalue weighted by Crippen LogP contribution is -2.40. The molecule has 1 fully saturated rings. The van der Waals surface area contributed by atoms with Gasteiger partial charge in [0.05, 0.1) is 25.5 Å². The van der Waals surface area contributed by atoms with E-state index in [9.17, 15) is 14.4 Å². The van der Waals surface area contributed by atoms with Gasteiger partial charge in [-0.05, 0) is 50.1 Å². The lowest BCUT2D eigenvalue weighted by Gasteiger charge is -2.24. The summed E-state index contributed by atoms with van der Waals surface area (Å²) in [4.78, 5) is 39.4. The number of hydrogen-bond acceptors (Lipinski definition) is 7. The van der Waals surface area contributed by atoms with Crippen molar-refractivity contribution in [3.05, 3.63) is 48.0 Å². The molecule has 9 nitrogen and oxygen atoms in total. The van der Waals surface area contributed by atoms with Crippen molar-refractivity contribution in [1.82, 2.24) is 4.90 Å². The van der Waals surface area contributed by atoms with Crippen LogP contribution in [0.5, 0.6) is 17.2 Å². The molecule has 3 rings (SSSR count). The molecule has 2 aromatic carbocycles. The summed E-state index contributed by atoms with van der Waals surface area (Å²) in [6, 6.07) is 11.5. The van der Waals surface area contributed by atoms with Crippen molar-refractivity contribution in [3.8, 4) is 17.2 Å². The van der Waals surface area contributed by atoms with Crippen molar-refractivity contribution in [1.29, 1.82) is 0 Å². The Morgan fingerprint density at radius 3 is 2.29 bits per heavy atom. The van der Waals surface area contributed by atoms with Crippen LogP contribution in [-0.2, 0) is 14.3 Å². The number of esters is 1. The molecule has 2 aromatic rings. The number of likely N-dealkylation sites (tertiary alicyclic amines) is 1. The Hall–Kier alpha value is -3.75. The van der Waals surface area contributed by atoms with E-state index in [1.54, 1.807) is 36.1 Å². The van der Waals surface area contributed by atoms with E-state index in [4.69, 9.17) is 18.9 Å². The summed E-state index contributed by atoms with van der Waals surface area (Å²) in [6.07, 6.45) is 3.24. The lowest BCUT2D eigenvalue weighted by atomic mass is 10.2. The fraction of sp³-hybridized carbons (Fsp3) is 0.423. The van der Waals surface area contributed by atoms with E-state index in [0.717, 1.165) is 25.7 Å². The second-order valence-corrected chi connectivity index (χ2v) is 8.19. The largest absolute Gasteiger partial charge is 0.495 e. The van der Waals surface area contributed by atoms with Gasteiger partial charge in [0, 0.05) is 13.1 Å². The van der Waals surface area contributed by atoms with Crippen molar-refractivity contribution in [2.24, 2.45) is 0 Å². The van der Waals surface area contributed by atoms with E-state index in [1.165, 1.54) is 32.4 Å². The third kappa shape index (κ3) is 7.11. The molecule has 1 atom stereocenters. The molecule has 188 valence electrons. The Balaban J connectivity index is 1.58. The van der Waals surface area contributed by atoms with Crippen LogP contribution < -0.4 is 19.5 Å². The second kappa shape index (κ2) is 12.6. The van der Waals surface area contributed by atoms with Crippen LogP contribution in [0.3, 0.4) is 0 Å². The number of methoxy groups -OCH3 is 2. The average Bonchev–Trinajstić information content (AvgIpc) is 3.16. The molecular weight excluding hydrogens is 452 g/mol. The van der Waals surface area contributed by atoms with Crippen LogP contribution in [0.25, 0.3) is 0 Å². The zero-order valence-electron chi connectivity index (χ0n) is 20.4. The van der Waals surface area contributed by atoms with E-state index in [2.05, 4.69) is 5.32 Å². The SMILES string of the molecule is COc1ccccc1NC(=O)COc1ccc(C(=O)OC(C)C(=O)N2CCCCCC2)cc1OC. The summed E-state index contributed by atoms with van der Waals surface area (Å²) in [6.45, 7) is 2.68. The molecule has 0 spiro atoms. The normalized spacial score (nSPS) is 14.3. The smallest absolute Gasteiger partial charge is 0.339 e. The Bertz CT molecular complexity index is 1030. The first-order valence-electron chi connectivity index (χ1n) is 11.7. The van der Waals surface area contributed by atoms with Gasteiger partial charge in [0.2, 0.25) is 0 Å². The lowest BCUT2D eigenvalue weighted by molar-refractivity contribution is -0.139. The first-order chi connectivity index (χ1) is 16.9. The Labute approximate surface area is 205 Å². The molecule has 0 saturated carbocycles. The highest BCUT2D eigenvalue weighted by Crippen LogP contribution is 2.29. The predicted molar refractivity (Wildman–Crippen MR) is 130 cm³/mol. The van der Waals surface area contributed by atoms with Gasteiger partial charge in [0.15, 0.2) is 24.2 Å². The number of nitrogens with zero attached hydrogens (tertiary/aromatic N) is 1. The number of nitrogens with one attached hydrogen (secondary N) is 1. The Morgan fingerprint density at radius 1 is 0.914 bits per heavy atom. The molecule has 0 aliphatic carbocycles.